The minimum absolute atomic E-state index is 0.169. The lowest BCUT2D eigenvalue weighted by molar-refractivity contribution is -0.120. The Morgan fingerprint density at radius 3 is 2.86 bits per heavy atom. The second-order valence-corrected chi connectivity index (χ2v) is 3.87. The van der Waals surface area contributed by atoms with Gasteiger partial charge in [0.1, 0.15) is 11.4 Å². The van der Waals surface area contributed by atoms with Gasteiger partial charge in [-0.1, -0.05) is 11.6 Å². The highest BCUT2D eigenvalue weighted by molar-refractivity contribution is 6.34. The van der Waals surface area contributed by atoms with Crippen LogP contribution in [0.1, 0.15) is 12.5 Å². The number of halogens is 2. The zero-order valence-corrected chi connectivity index (χ0v) is 8.15. The molecule has 0 fully saturated rings. The van der Waals surface area contributed by atoms with Crippen molar-refractivity contribution in [3.8, 4) is 0 Å². The minimum Gasteiger partial charge on any atom is -0.323 e. The van der Waals surface area contributed by atoms with Crippen LogP contribution >= 0.6 is 11.6 Å². The Morgan fingerprint density at radius 1 is 1.57 bits per heavy atom. The van der Waals surface area contributed by atoms with Crippen LogP contribution < -0.4 is 11.1 Å². The first kappa shape index (κ1) is 9.43. The van der Waals surface area contributed by atoms with Gasteiger partial charge in [0.25, 0.3) is 0 Å². The molecule has 0 aromatic heterocycles. The van der Waals surface area contributed by atoms with E-state index in [4.69, 9.17) is 17.3 Å². The number of benzene rings is 1. The summed E-state index contributed by atoms with van der Waals surface area (Å²) < 4.78 is 13.0. The van der Waals surface area contributed by atoms with Gasteiger partial charge >= 0.3 is 0 Å². The van der Waals surface area contributed by atoms with Crippen LogP contribution in [-0.4, -0.2) is 5.91 Å². The van der Waals surface area contributed by atoms with Gasteiger partial charge < -0.3 is 11.1 Å². The molecule has 1 atom stereocenters. The number of anilines is 1. The van der Waals surface area contributed by atoms with Gasteiger partial charge in [-0.3, -0.25) is 4.79 Å². The molecule has 5 heteroatoms. The average Bonchev–Trinajstić information content (AvgIpc) is 2.28. The van der Waals surface area contributed by atoms with Crippen LogP contribution in [0, 0.1) is 5.82 Å². The maximum atomic E-state index is 13.0. The van der Waals surface area contributed by atoms with Crippen molar-refractivity contribution in [3.63, 3.8) is 0 Å². The first-order valence-electron chi connectivity index (χ1n) is 4.03. The fourth-order valence-corrected chi connectivity index (χ4v) is 1.73. The molecular weight excluding hydrogens is 207 g/mol. The van der Waals surface area contributed by atoms with E-state index in [-0.39, 0.29) is 10.9 Å². The van der Waals surface area contributed by atoms with Crippen molar-refractivity contribution < 1.29 is 9.18 Å². The Hall–Kier alpha value is -1.13. The second-order valence-electron chi connectivity index (χ2n) is 3.47. The van der Waals surface area contributed by atoms with Gasteiger partial charge in [0, 0.05) is 5.56 Å². The molecule has 14 heavy (non-hydrogen) atoms. The Kier molecular flexibility index (Phi) is 1.81. The van der Waals surface area contributed by atoms with E-state index in [1.165, 1.54) is 13.0 Å². The monoisotopic (exact) mass is 214 g/mol. The molecular formula is C9H8ClFN2O. The van der Waals surface area contributed by atoms with Crippen molar-refractivity contribution in [2.24, 2.45) is 5.73 Å². The molecule has 1 aromatic rings. The predicted molar refractivity (Wildman–Crippen MR) is 51.6 cm³/mol. The van der Waals surface area contributed by atoms with Gasteiger partial charge in [0.15, 0.2) is 0 Å². The molecule has 0 aliphatic carbocycles. The van der Waals surface area contributed by atoms with Gasteiger partial charge in [0.05, 0.1) is 10.7 Å². The standard InChI is InChI=1S/C9H8ClFN2O/c1-9(12)5-2-4(11)3-6(10)7(5)13-8(9)14/h2-3H,12H2,1H3,(H,13,14)/t9-/m0/s1. The van der Waals surface area contributed by atoms with Crippen molar-refractivity contribution in [1.82, 2.24) is 0 Å². The summed E-state index contributed by atoms with van der Waals surface area (Å²) in [7, 11) is 0. The zero-order valence-electron chi connectivity index (χ0n) is 7.40. The highest BCUT2D eigenvalue weighted by atomic mass is 35.5. The second kappa shape index (κ2) is 2.68. The fraction of sp³-hybridized carbons (Fsp3) is 0.222. The molecule has 1 aromatic carbocycles. The summed E-state index contributed by atoms with van der Waals surface area (Å²) >= 11 is 5.76. The minimum atomic E-state index is -1.21. The summed E-state index contributed by atoms with van der Waals surface area (Å²) in [6.07, 6.45) is 0. The van der Waals surface area contributed by atoms with Gasteiger partial charge in [-0.15, -0.1) is 0 Å². The fourth-order valence-electron chi connectivity index (χ4n) is 1.48. The van der Waals surface area contributed by atoms with E-state index in [2.05, 4.69) is 5.32 Å². The van der Waals surface area contributed by atoms with Crippen LogP contribution in [0.5, 0.6) is 0 Å². The summed E-state index contributed by atoms with van der Waals surface area (Å²) in [5, 5.41) is 2.69. The van der Waals surface area contributed by atoms with Crippen molar-refractivity contribution in [1.29, 1.82) is 0 Å². The highest BCUT2D eigenvalue weighted by Crippen LogP contribution is 2.39. The lowest BCUT2D eigenvalue weighted by Crippen LogP contribution is -2.40. The number of nitrogens with two attached hydrogens (primary N) is 1. The molecule has 0 radical (unpaired) electrons. The van der Waals surface area contributed by atoms with Crippen LogP contribution in [0.2, 0.25) is 5.02 Å². The van der Waals surface area contributed by atoms with Crippen LogP contribution in [-0.2, 0) is 10.3 Å². The van der Waals surface area contributed by atoms with Gasteiger partial charge in [-0.05, 0) is 19.1 Å². The number of amides is 1. The van der Waals surface area contributed by atoms with E-state index in [0.29, 0.717) is 11.3 Å². The van der Waals surface area contributed by atoms with Crippen LogP contribution in [0.4, 0.5) is 10.1 Å². The van der Waals surface area contributed by atoms with Gasteiger partial charge in [-0.25, -0.2) is 4.39 Å². The molecule has 1 amide bonds. The van der Waals surface area contributed by atoms with E-state index < -0.39 is 11.4 Å². The molecule has 1 aliphatic rings. The van der Waals surface area contributed by atoms with E-state index >= 15 is 0 Å². The summed E-state index contributed by atoms with van der Waals surface area (Å²) in [6.45, 7) is 1.52. The maximum absolute atomic E-state index is 13.0. The van der Waals surface area contributed by atoms with Crippen molar-refractivity contribution in [2.45, 2.75) is 12.5 Å². The Morgan fingerprint density at radius 2 is 2.21 bits per heavy atom. The normalized spacial score (nSPS) is 24.7. The molecule has 0 bridgehead atoms. The number of rotatable bonds is 0. The van der Waals surface area contributed by atoms with Gasteiger partial charge in [0.2, 0.25) is 5.91 Å². The molecule has 0 saturated heterocycles. The first-order chi connectivity index (χ1) is 6.43. The number of carbonyl (C=O) groups is 1. The molecule has 74 valence electrons. The molecule has 3 nitrogen and oxygen atoms in total. The largest absolute Gasteiger partial charge is 0.323 e. The molecule has 3 N–H and O–H groups in total. The third-order valence-electron chi connectivity index (χ3n) is 2.32. The molecule has 0 unspecified atom stereocenters. The van der Waals surface area contributed by atoms with Crippen molar-refractivity contribution >= 4 is 23.2 Å². The zero-order chi connectivity index (χ0) is 10.5. The number of hydrogen-bond acceptors (Lipinski definition) is 2. The number of fused-ring (bicyclic) bond motifs is 1. The number of hydrogen-bond donors (Lipinski definition) is 2. The smallest absolute Gasteiger partial charge is 0.248 e. The topological polar surface area (TPSA) is 55.1 Å². The van der Waals surface area contributed by atoms with Crippen LogP contribution in [0.25, 0.3) is 0 Å². The molecule has 0 saturated carbocycles. The van der Waals surface area contributed by atoms with Crippen molar-refractivity contribution in [3.05, 3.63) is 28.5 Å². The Bertz CT molecular complexity index is 431. The number of carbonyl (C=O) groups excluding carboxylic acids is 1. The molecule has 1 aliphatic heterocycles. The average molecular weight is 215 g/mol. The summed E-state index contributed by atoms with van der Waals surface area (Å²) in [5.74, 6) is -0.873. The molecule has 1 heterocycles. The van der Waals surface area contributed by atoms with Crippen LogP contribution in [0.15, 0.2) is 12.1 Å². The summed E-state index contributed by atoms with van der Waals surface area (Å²) in [5.41, 5.74) is 5.33. The lowest BCUT2D eigenvalue weighted by Gasteiger charge is -2.14. The maximum Gasteiger partial charge on any atom is 0.248 e. The van der Waals surface area contributed by atoms with E-state index in [0.717, 1.165) is 6.07 Å². The van der Waals surface area contributed by atoms with E-state index in [1.807, 2.05) is 0 Å². The van der Waals surface area contributed by atoms with Gasteiger partial charge in [-0.2, -0.15) is 0 Å². The predicted octanol–water partition coefficient (Wildman–Crippen LogP) is 1.61. The van der Waals surface area contributed by atoms with Crippen LogP contribution in [0.3, 0.4) is 0 Å². The highest BCUT2D eigenvalue weighted by Gasteiger charge is 2.40. The SMILES string of the molecule is C[C@@]1(N)C(=O)Nc2c(Cl)cc(F)cc21. The third kappa shape index (κ3) is 1.11. The van der Waals surface area contributed by atoms with E-state index in [1.54, 1.807) is 0 Å². The summed E-state index contributed by atoms with van der Waals surface area (Å²) in [4.78, 5) is 11.4. The Balaban J connectivity index is 2.71. The Labute approximate surface area is 85.0 Å². The summed E-state index contributed by atoms with van der Waals surface area (Å²) in [6, 6.07) is 2.36. The third-order valence-corrected chi connectivity index (χ3v) is 2.62. The van der Waals surface area contributed by atoms with E-state index in [9.17, 15) is 9.18 Å². The number of nitrogens with one attached hydrogen (secondary N) is 1. The molecule has 0 spiro atoms. The first-order valence-corrected chi connectivity index (χ1v) is 4.40. The quantitative estimate of drug-likeness (QED) is 0.689. The molecule has 2 rings (SSSR count). The lowest BCUT2D eigenvalue weighted by atomic mass is 9.95. The van der Waals surface area contributed by atoms with Crippen molar-refractivity contribution in [2.75, 3.05) is 5.32 Å².